The van der Waals surface area contributed by atoms with E-state index in [1.54, 1.807) is 60.7 Å². The van der Waals surface area contributed by atoms with Crippen molar-refractivity contribution in [3.05, 3.63) is 71.8 Å². The molecule has 10 atom stereocenters. The molecule has 2 fully saturated rings. The Labute approximate surface area is 550 Å². The molecule has 0 spiro atoms. The minimum absolute atomic E-state index is 0.0607. The SMILES string of the molecule is CC(C)C[C@@H](CN[C@@H](CC(C)C)C(N)=O)NC(=O)CNC(=O)[C@H](Cc1ccccc1)NC(=O)[C@H](Cc1ccccc1)NC(=O)[C@H](CCC(N)=O)NC(=O)[C@H](CCC(N)=O)NC(=O)[C@@H]1CCCN1C(=O)[C@H](CCCCN)NC(=O)[C@@H]1CCCN1C(=O)[C@@H](N)CCCN=C(N)N. The van der Waals surface area contributed by atoms with E-state index >= 15 is 0 Å². The van der Waals surface area contributed by atoms with Gasteiger partial charge in [-0.1, -0.05) is 88.4 Å². The molecule has 4 rings (SSSR count). The molecular weight excluding hydrogens is 1210 g/mol. The number of carbonyl (C=O) groups is 12. The zero-order chi connectivity index (χ0) is 69.4. The molecule has 2 aromatic carbocycles. The van der Waals surface area contributed by atoms with E-state index in [4.69, 9.17) is 40.1 Å². The average Bonchev–Trinajstić information content (AvgIpc) is 1.62. The van der Waals surface area contributed by atoms with Crippen LogP contribution in [0.15, 0.2) is 65.7 Å². The number of benzene rings is 2. The monoisotopic (exact) mass is 1310 g/mol. The van der Waals surface area contributed by atoms with E-state index in [9.17, 15) is 57.5 Å². The maximum absolute atomic E-state index is 14.7. The number of nitrogens with zero attached hydrogens (tertiary/aromatic N) is 3. The molecule has 2 heterocycles. The van der Waals surface area contributed by atoms with Crippen molar-refractivity contribution in [2.75, 3.05) is 39.3 Å². The van der Waals surface area contributed by atoms with Gasteiger partial charge in [-0.2, -0.15) is 0 Å². The molecule has 0 radical (unpaired) electrons. The van der Waals surface area contributed by atoms with Crippen LogP contribution >= 0.6 is 0 Å². The first-order valence-corrected chi connectivity index (χ1v) is 32.6. The number of primary amides is 3. The summed E-state index contributed by atoms with van der Waals surface area (Å²) in [5, 5.41) is 22.2. The lowest BCUT2D eigenvalue weighted by Gasteiger charge is -2.32. The number of likely N-dealkylation sites (tertiary alicyclic amines) is 2. The summed E-state index contributed by atoms with van der Waals surface area (Å²) in [7, 11) is 0. The number of hydrogen-bond acceptors (Lipinski definition) is 16. The smallest absolute Gasteiger partial charge is 0.245 e. The molecular formula is C64H102N18O12. The van der Waals surface area contributed by atoms with Crippen LogP contribution in [0.1, 0.15) is 135 Å². The van der Waals surface area contributed by atoms with Gasteiger partial charge in [-0.25, -0.2) is 0 Å². The molecule has 30 nitrogen and oxygen atoms in total. The van der Waals surface area contributed by atoms with Crippen molar-refractivity contribution in [2.45, 2.75) is 197 Å². The molecule has 0 saturated carbocycles. The number of unbranched alkanes of at least 4 members (excludes halogenated alkanes) is 1. The van der Waals surface area contributed by atoms with Crippen LogP contribution in [0.5, 0.6) is 0 Å². The van der Waals surface area contributed by atoms with Crippen LogP contribution in [0.25, 0.3) is 0 Å². The summed E-state index contributed by atoms with van der Waals surface area (Å²) < 4.78 is 0. The van der Waals surface area contributed by atoms with Crippen molar-refractivity contribution in [3.8, 4) is 0 Å². The van der Waals surface area contributed by atoms with Crippen LogP contribution in [0.2, 0.25) is 0 Å². The molecule has 2 aromatic rings. The molecule has 30 heteroatoms. The Bertz CT molecular complexity index is 2880. The Morgan fingerprint density at radius 2 is 1.01 bits per heavy atom. The predicted molar refractivity (Wildman–Crippen MR) is 352 cm³/mol. The summed E-state index contributed by atoms with van der Waals surface area (Å²) in [6.45, 7) is 8.49. The summed E-state index contributed by atoms with van der Waals surface area (Å²) in [6.07, 6.45) is 2.12. The fourth-order valence-electron chi connectivity index (χ4n) is 11.4. The summed E-state index contributed by atoms with van der Waals surface area (Å²) in [6, 6.07) is 6.00. The zero-order valence-corrected chi connectivity index (χ0v) is 54.7. The number of hydrogen-bond donors (Lipinski definition) is 15. The Morgan fingerprint density at radius 1 is 0.532 bits per heavy atom. The summed E-state index contributed by atoms with van der Waals surface area (Å²) >= 11 is 0. The summed E-state index contributed by atoms with van der Waals surface area (Å²) in [5.74, 6) is -8.58. The van der Waals surface area contributed by atoms with Crippen molar-refractivity contribution in [1.82, 2.24) is 52.3 Å². The first-order valence-electron chi connectivity index (χ1n) is 32.6. The highest BCUT2D eigenvalue weighted by Gasteiger charge is 2.42. The Morgan fingerprint density at radius 3 is 1.50 bits per heavy atom. The molecule has 0 aromatic heterocycles. The van der Waals surface area contributed by atoms with Gasteiger partial charge in [-0.3, -0.25) is 62.5 Å². The Kier molecular flexibility index (Phi) is 33.4. The molecule has 0 unspecified atom stereocenters. The first kappa shape index (κ1) is 77.7. The van der Waals surface area contributed by atoms with Crippen molar-refractivity contribution in [3.63, 3.8) is 0 Å². The lowest BCUT2D eigenvalue weighted by Crippen LogP contribution is -2.60. The van der Waals surface area contributed by atoms with E-state index in [-0.39, 0.29) is 82.5 Å². The number of aliphatic imine (C=N–C) groups is 1. The van der Waals surface area contributed by atoms with Gasteiger partial charge in [0, 0.05) is 57.9 Å². The van der Waals surface area contributed by atoms with Crippen molar-refractivity contribution >= 4 is 76.8 Å². The van der Waals surface area contributed by atoms with Crippen LogP contribution in [-0.2, 0) is 70.4 Å². The highest BCUT2D eigenvalue weighted by atomic mass is 16.2. The number of carbonyl (C=O) groups excluding carboxylic acids is 12. The van der Waals surface area contributed by atoms with Gasteiger partial charge in [0.15, 0.2) is 5.96 Å². The Balaban J connectivity index is 1.56. The van der Waals surface area contributed by atoms with Crippen LogP contribution < -0.4 is 82.7 Å². The predicted octanol–water partition coefficient (Wildman–Crippen LogP) is -2.94. The standard InChI is InChI=1S/C64H102N18O12/c1-38(2)32-42(36-73-47(55(69)86)33-39(3)4)75-54(85)37-74-56(87)48(34-40-16-7-5-8-17-40)79-59(90)49(35-41-18-9-6-10-19-41)80-58(89)44(24-26-52(67)83)76-57(88)45(25-27-53(68)84)77-60(91)51-23-15-31-82(51)63(94)46(21-11-12-28-65)78-61(92)50-22-14-30-81(50)62(93)43(66)20-13-29-72-64(70)71/h5-10,16-19,38-39,42-51,73H,11-15,20-37,65-66H2,1-4H3,(H2,67,83)(H2,68,84)(H2,69,86)(H,74,87)(H,75,85)(H,76,88)(H,77,91)(H,78,92)(H,79,90)(H,80,89)(H4,70,71,72)/t42-,43-,44-,45-,46-,47-,48-,49-,50-,51-/m0/s1. The highest BCUT2D eigenvalue weighted by molar-refractivity contribution is 5.99. The van der Waals surface area contributed by atoms with Gasteiger partial charge < -0.3 is 92.5 Å². The molecule has 94 heavy (non-hydrogen) atoms. The third-order valence-electron chi connectivity index (χ3n) is 16.2. The van der Waals surface area contributed by atoms with E-state index in [1.165, 1.54) is 9.80 Å². The fraction of sp³-hybridized carbons (Fsp3) is 0.609. The number of nitrogens with one attached hydrogen (secondary N) is 8. The molecule has 12 amide bonds. The van der Waals surface area contributed by atoms with Crippen molar-refractivity contribution in [2.24, 2.45) is 57.0 Å². The molecule has 0 aliphatic carbocycles. The van der Waals surface area contributed by atoms with Gasteiger partial charge in [0.1, 0.15) is 42.3 Å². The second-order valence-corrected chi connectivity index (χ2v) is 25.0. The molecule has 2 aliphatic heterocycles. The zero-order valence-electron chi connectivity index (χ0n) is 54.7. The molecule has 22 N–H and O–H groups in total. The minimum atomic E-state index is -1.62. The van der Waals surface area contributed by atoms with E-state index < -0.39 is 157 Å². The summed E-state index contributed by atoms with van der Waals surface area (Å²) in [5.41, 5.74) is 40.8. The molecule has 520 valence electrons. The number of amides is 12. The van der Waals surface area contributed by atoms with Gasteiger partial charge in [0.05, 0.1) is 18.6 Å². The average molecular weight is 1320 g/mol. The normalized spacial score (nSPS) is 17.0. The maximum atomic E-state index is 14.7. The van der Waals surface area contributed by atoms with Gasteiger partial charge in [-0.05, 0) is 113 Å². The maximum Gasteiger partial charge on any atom is 0.245 e. The van der Waals surface area contributed by atoms with Crippen LogP contribution in [-0.4, -0.2) is 186 Å². The van der Waals surface area contributed by atoms with Crippen LogP contribution in [0, 0.1) is 11.8 Å². The third kappa shape index (κ3) is 27.4. The van der Waals surface area contributed by atoms with E-state index in [0.717, 1.165) is 0 Å². The number of guanidine groups is 1. The lowest BCUT2D eigenvalue weighted by atomic mass is 10.0. The number of rotatable bonds is 42. The highest BCUT2D eigenvalue weighted by Crippen LogP contribution is 2.24. The Hall–Kier alpha value is -8.77. The molecule has 2 saturated heterocycles. The number of nitrogens with two attached hydrogens (primary N) is 7. The quantitative estimate of drug-likeness (QED) is 0.0180. The summed E-state index contributed by atoms with van der Waals surface area (Å²) in [4.78, 5) is 171. The fourth-order valence-corrected chi connectivity index (χ4v) is 11.4. The van der Waals surface area contributed by atoms with E-state index in [1.807, 2.05) is 27.7 Å². The lowest BCUT2D eigenvalue weighted by molar-refractivity contribution is -0.144. The van der Waals surface area contributed by atoms with E-state index in [0.29, 0.717) is 69.0 Å². The topological polar surface area (TPSA) is 502 Å². The molecule has 2 aliphatic rings. The second kappa shape index (κ2) is 40.4. The van der Waals surface area contributed by atoms with Crippen LogP contribution in [0.4, 0.5) is 0 Å². The van der Waals surface area contributed by atoms with E-state index in [2.05, 4.69) is 47.5 Å². The molecule has 0 bridgehead atoms. The second-order valence-electron chi connectivity index (χ2n) is 25.0. The minimum Gasteiger partial charge on any atom is -0.370 e. The van der Waals surface area contributed by atoms with Gasteiger partial charge >= 0.3 is 0 Å². The van der Waals surface area contributed by atoms with Gasteiger partial charge in [0.2, 0.25) is 70.9 Å². The van der Waals surface area contributed by atoms with Crippen molar-refractivity contribution < 1.29 is 57.5 Å². The largest absolute Gasteiger partial charge is 0.370 e. The van der Waals surface area contributed by atoms with Crippen LogP contribution in [0.3, 0.4) is 0 Å². The van der Waals surface area contributed by atoms with Gasteiger partial charge in [0.25, 0.3) is 0 Å². The van der Waals surface area contributed by atoms with Crippen molar-refractivity contribution in [1.29, 1.82) is 0 Å². The van der Waals surface area contributed by atoms with Gasteiger partial charge in [-0.15, -0.1) is 0 Å². The first-order chi connectivity index (χ1) is 44.7. The third-order valence-corrected chi connectivity index (χ3v) is 16.2.